The third-order valence-corrected chi connectivity index (χ3v) is 4.69. The molecule has 2 N–H and O–H groups in total. The van der Waals surface area contributed by atoms with Crippen molar-refractivity contribution in [3.05, 3.63) is 64.6 Å². The van der Waals surface area contributed by atoms with Crippen LogP contribution in [-0.4, -0.2) is 33.6 Å². The van der Waals surface area contributed by atoms with E-state index in [0.29, 0.717) is 6.54 Å². The average molecular weight is 369 g/mol. The lowest BCUT2D eigenvalue weighted by atomic mass is 10.2. The number of benzene rings is 1. The number of aromatic nitrogens is 3. The lowest BCUT2D eigenvalue weighted by molar-refractivity contribution is 0.789. The van der Waals surface area contributed by atoms with Gasteiger partial charge in [0.05, 0.1) is 29.3 Å². The quantitative estimate of drug-likeness (QED) is 0.497. The van der Waals surface area contributed by atoms with E-state index in [2.05, 4.69) is 45.0 Å². The molecule has 2 aromatic heterocycles. The van der Waals surface area contributed by atoms with Gasteiger partial charge in [-0.3, -0.25) is 0 Å². The number of rotatable bonds is 7. The minimum atomic E-state index is 0.597. The molecule has 0 fully saturated rings. The van der Waals surface area contributed by atoms with E-state index in [0.717, 1.165) is 47.4 Å². The number of aryl methyl sites for hydroxylation is 1. The Labute approximate surface area is 158 Å². The molecular weight excluding hydrogens is 344 g/mol. The largest absolute Gasteiger partial charge is 0.357 e. The number of nitrogens with one attached hydrogen (secondary N) is 2. The zero-order chi connectivity index (χ0) is 18.2. The van der Waals surface area contributed by atoms with Crippen molar-refractivity contribution >= 4 is 17.3 Å². The second kappa shape index (κ2) is 9.15. The molecule has 7 heteroatoms. The Kier molecular flexibility index (Phi) is 6.38. The van der Waals surface area contributed by atoms with Gasteiger partial charge in [0.1, 0.15) is 0 Å². The van der Waals surface area contributed by atoms with E-state index in [4.69, 9.17) is 4.99 Å². The Hall–Kier alpha value is -2.67. The van der Waals surface area contributed by atoms with Crippen LogP contribution in [-0.2, 0) is 13.0 Å². The van der Waals surface area contributed by atoms with Gasteiger partial charge in [0.2, 0.25) is 0 Å². The highest BCUT2D eigenvalue weighted by Gasteiger charge is 2.05. The second-order valence-corrected chi connectivity index (χ2v) is 6.89. The van der Waals surface area contributed by atoms with Crippen LogP contribution < -0.4 is 10.6 Å². The summed E-state index contributed by atoms with van der Waals surface area (Å²) in [7, 11) is 0. The first-order chi connectivity index (χ1) is 12.8. The van der Waals surface area contributed by atoms with Crippen LogP contribution in [0.5, 0.6) is 0 Å². The van der Waals surface area contributed by atoms with Crippen molar-refractivity contribution in [1.82, 2.24) is 25.2 Å². The number of aliphatic imine (C=N–C) groups is 1. The van der Waals surface area contributed by atoms with Gasteiger partial charge in [0, 0.05) is 37.3 Å². The number of imidazole rings is 1. The van der Waals surface area contributed by atoms with E-state index < -0.39 is 0 Å². The van der Waals surface area contributed by atoms with Crippen molar-refractivity contribution in [1.29, 1.82) is 0 Å². The van der Waals surface area contributed by atoms with Crippen LogP contribution in [0.4, 0.5) is 0 Å². The summed E-state index contributed by atoms with van der Waals surface area (Å²) in [6.07, 6.45) is 6.43. The van der Waals surface area contributed by atoms with Crippen LogP contribution in [0.2, 0.25) is 0 Å². The molecule has 6 nitrogen and oxygen atoms in total. The Morgan fingerprint density at radius 2 is 2.15 bits per heavy atom. The zero-order valence-electron chi connectivity index (χ0n) is 15.1. The van der Waals surface area contributed by atoms with Crippen LogP contribution >= 0.6 is 11.3 Å². The third-order valence-electron chi connectivity index (χ3n) is 3.87. The lowest BCUT2D eigenvalue weighted by Crippen LogP contribution is -2.38. The molecule has 3 rings (SSSR count). The average Bonchev–Trinajstić information content (AvgIpc) is 3.32. The number of thiazole rings is 1. The topological polar surface area (TPSA) is 67.1 Å². The van der Waals surface area contributed by atoms with Crippen molar-refractivity contribution < 1.29 is 0 Å². The van der Waals surface area contributed by atoms with Crippen molar-refractivity contribution in [3.8, 4) is 5.69 Å². The molecule has 0 unspecified atom stereocenters. The first-order valence-corrected chi connectivity index (χ1v) is 9.63. The van der Waals surface area contributed by atoms with E-state index in [1.165, 1.54) is 0 Å². The van der Waals surface area contributed by atoms with Crippen molar-refractivity contribution in [2.24, 2.45) is 4.99 Å². The van der Waals surface area contributed by atoms with Gasteiger partial charge in [0.15, 0.2) is 5.96 Å². The molecule has 0 aliphatic carbocycles. The summed E-state index contributed by atoms with van der Waals surface area (Å²) < 4.78 is 2.01. The summed E-state index contributed by atoms with van der Waals surface area (Å²) in [5.74, 6) is 0.819. The Morgan fingerprint density at radius 3 is 2.88 bits per heavy atom. The van der Waals surface area contributed by atoms with Gasteiger partial charge in [-0.2, -0.15) is 0 Å². The van der Waals surface area contributed by atoms with Gasteiger partial charge in [0.25, 0.3) is 0 Å². The predicted octanol–water partition coefficient (Wildman–Crippen LogP) is 2.94. The number of hydrogen-bond donors (Lipinski definition) is 2. The Bertz CT molecular complexity index is 837. The van der Waals surface area contributed by atoms with E-state index in [-0.39, 0.29) is 0 Å². The number of hydrogen-bond acceptors (Lipinski definition) is 4. The van der Waals surface area contributed by atoms with Crippen LogP contribution in [0.15, 0.2) is 53.4 Å². The number of guanidine groups is 1. The molecule has 0 atom stereocenters. The minimum absolute atomic E-state index is 0.597. The molecule has 0 aliphatic heterocycles. The second-order valence-electron chi connectivity index (χ2n) is 5.83. The maximum atomic E-state index is 4.73. The van der Waals surface area contributed by atoms with Gasteiger partial charge in [-0.25, -0.2) is 15.0 Å². The molecule has 0 amide bonds. The zero-order valence-corrected chi connectivity index (χ0v) is 16.0. The molecule has 0 spiro atoms. The monoisotopic (exact) mass is 368 g/mol. The normalized spacial score (nSPS) is 11.5. The Morgan fingerprint density at radius 1 is 1.27 bits per heavy atom. The molecule has 0 radical (unpaired) electrons. The van der Waals surface area contributed by atoms with E-state index >= 15 is 0 Å². The molecular formula is C19H24N6S. The smallest absolute Gasteiger partial charge is 0.191 e. The minimum Gasteiger partial charge on any atom is -0.357 e. The van der Waals surface area contributed by atoms with Crippen LogP contribution in [0.25, 0.3) is 5.69 Å². The standard InChI is InChI=1S/C19H24N6S/c1-3-21-19(22-9-8-17-13-26-15(2)24-17)23-12-16-6-4-5-7-18(16)25-11-10-20-14-25/h4-7,10-11,13-14H,3,8-9,12H2,1-2H3,(H2,21,22,23). The first-order valence-electron chi connectivity index (χ1n) is 8.75. The van der Waals surface area contributed by atoms with E-state index in [1.54, 1.807) is 17.5 Å². The summed E-state index contributed by atoms with van der Waals surface area (Å²) in [4.78, 5) is 13.4. The SMILES string of the molecule is CCNC(=NCc1ccccc1-n1ccnc1)NCCc1csc(C)n1. The fourth-order valence-corrected chi connectivity index (χ4v) is 3.28. The highest BCUT2D eigenvalue weighted by molar-refractivity contribution is 7.09. The first kappa shape index (κ1) is 18.1. The molecule has 26 heavy (non-hydrogen) atoms. The van der Waals surface area contributed by atoms with Crippen molar-refractivity contribution in [3.63, 3.8) is 0 Å². The van der Waals surface area contributed by atoms with Crippen molar-refractivity contribution in [2.75, 3.05) is 13.1 Å². The molecule has 0 saturated carbocycles. The summed E-state index contributed by atoms with van der Waals surface area (Å²) in [5, 5.41) is 9.91. The maximum Gasteiger partial charge on any atom is 0.191 e. The molecule has 0 bridgehead atoms. The molecule has 0 saturated heterocycles. The predicted molar refractivity (Wildman–Crippen MR) is 107 cm³/mol. The molecule has 2 heterocycles. The summed E-state index contributed by atoms with van der Waals surface area (Å²) in [5.41, 5.74) is 3.38. The fraction of sp³-hybridized carbons (Fsp3) is 0.316. The summed E-state index contributed by atoms with van der Waals surface area (Å²) >= 11 is 1.69. The van der Waals surface area contributed by atoms with Gasteiger partial charge in [-0.05, 0) is 25.5 Å². The van der Waals surface area contributed by atoms with Gasteiger partial charge >= 0.3 is 0 Å². The van der Waals surface area contributed by atoms with Crippen LogP contribution in [0.1, 0.15) is 23.2 Å². The summed E-state index contributed by atoms with van der Waals surface area (Å²) in [6.45, 7) is 6.33. The van der Waals surface area contributed by atoms with Crippen LogP contribution in [0, 0.1) is 6.92 Å². The van der Waals surface area contributed by atoms with Crippen molar-refractivity contribution in [2.45, 2.75) is 26.8 Å². The maximum absolute atomic E-state index is 4.73. The lowest BCUT2D eigenvalue weighted by Gasteiger charge is -2.12. The van der Waals surface area contributed by atoms with Gasteiger partial charge in [-0.1, -0.05) is 18.2 Å². The molecule has 1 aromatic carbocycles. The number of para-hydroxylation sites is 1. The van der Waals surface area contributed by atoms with E-state index in [1.807, 2.05) is 36.1 Å². The summed E-state index contributed by atoms with van der Waals surface area (Å²) in [6, 6.07) is 8.25. The number of nitrogens with zero attached hydrogens (tertiary/aromatic N) is 4. The highest BCUT2D eigenvalue weighted by atomic mass is 32.1. The third kappa shape index (κ3) is 4.92. The molecule has 136 valence electrons. The van der Waals surface area contributed by atoms with Crippen LogP contribution in [0.3, 0.4) is 0 Å². The molecule has 0 aliphatic rings. The highest BCUT2D eigenvalue weighted by Crippen LogP contribution is 2.15. The fourth-order valence-electron chi connectivity index (χ4n) is 2.64. The van der Waals surface area contributed by atoms with E-state index in [9.17, 15) is 0 Å². The van der Waals surface area contributed by atoms with Gasteiger partial charge < -0.3 is 15.2 Å². The molecule has 3 aromatic rings. The Balaban J connectivity index is 1.64. The van der Waals surface area contributed by atoms with Gasteiger partial charge in [-0.15, -0.1) is 11.3 Å².